The minimum Gasteiger partial charge on any atom is -0.311 e. The first kappa shape index (κ1) is 17.1. The number of halogens is 1. The van der Waals surface area contributed by atoms with Crippen LogP contribution in [0.15, 0.2) is 57.9 Å². The normalized spacial score (nSPS) is 18.2. The number of anilines is 1. The van der Waals surface area contributed by atoms with E-state index in [0.717, 1.165) is 15.7 Å². The van der Waals surface area contributed by atoms with Crippen molar-refractivity contribution in [3.8, 4) is 0 Å². The molecule has 0 aliphatic carbocycles. The molecule has 0 aromatic heterocycles. The number of rotatable bonds is 4. The molecule has 3 rings (SSSR count). The lowest BCUT2D eigenvalue weighted by molar-refractivity contribution is -0.117. The zero-order chi connectivity index (χ0) is 17.3. The predicted octanol–water partition coefficient (Wildman–Crippen LogP) is 2.84. The zero-order valence-corrected chi connectivity index (χ0v) is 15.5. The highest BCUT2D eigenvalue weighted by Gasteiger charge is 2.33. The quantitative estimate of drug-likeness (QED) is 0.845. The largest absolute Gasteiger partial charge is 0.311 e. The highest BCUT2D eigenvalue weighted by molar-refractivity contribution is 9.10. The lowest BCUT2D eigenvalue weighted by Gasteiger charge is -2.17. The van der Waals surface area contributed by atoms with Gasteiger partial charge in [0.05, 0.1) is 4.90 Å². The molecule has 0 saturated carbocycles. The standard InChI is InChI=1S/C17H17BrN2O3S/c1-12-2-6-15(7-3-12)20-11-14(10-17(20)21)19-24(22,23)16-8-4-13(18)5-9-16/h2-9,14,19H,10-11H2,1H3/t14-/m0/s1. The van der Waals surface area contributed by atoms with Gasteiger partial charge in [0.25, 0.3) is 0 Å². The first-order valence-electron chi connectivity index (χ1n) is 7.50. The number of nitrogens with zero attached hydrogens (tertiary/aromatic N) is 1. The third kappa shape index (κ3) is 3.68. The monoisotopic (exact) mass is 408 g/mol. The van der Waals surface area contributed by atoms with Crippen molar-refractivity contribution >= 4 is 37.5 Å². The van der Waals surface area contributed by atoms with Crippen LogP contribution in [0, 0.1) is 6.92 Å². The number of hydrogen-bond donors (Lipinski definition) is 1. The molecule has 1 saturated heterocycles. The van der Waals surface area contributed by atoms with Crippen molar-refractivity contribution in [1.29, 1.82) is 0 Å². The first-order chi connectivity index (χ1) is 11.3. The molecule has 1 amide bonds. The number of amides is 1. The van der Waals surface area contributed by atoms with Gasteiger partial charge in [-0.1, -0.05) is 33.6 Å². The van der Waals surface area contributed by atoms with Crippen LogP contribution in [0.25, 0.3) is 0 Å². The maximum absolute atomic E-state index is 12.4. The molecular formula is C17H17BrN2O3S. The number of carbonyl (C=O) groups excluding carboxylic acids is 1. The Kier molecular flexibility index (Phi) is 4.76. The topological polar surface area (TPSA) is 66.5 Å². The van der Waals surface area contributed by atoms with E-state index in [1.807, 2.05) is 31.2 Å². The van der Waals surface area contributed by atoms with Gasteiger partial charge in [0.15, 0.2) is 0 Å². The Labute approximate surface area is 149 Å². The summed E-state index contributed by atoms with van der Waals surface area (Å²) in [6.07, 6.45) is 0.156. The van der Waals surface area contributed by atoms with Crippen LogP contribution in [0.1, 0.15) is 12.0 Å². The maximum atomic E-state index is 12.4. The number of benzene rings is 2. The molecule has 2 aromatic carbocycles. The molecule has 2 aromatic rings. The summed E-state index contributed by atoms with van der Waals surface area (Å²) in [5.41, 5.74) is 1.90. The van der Waals surface area contributed by atoms with Crippen molar-refractivity contribution in [2.75, 3.05) is 11.4 Å². The molecule has 0 bridgehead atoms. The second kappa shape index (κ2) is 6.66. The van der Waals surface area contributed by atoms with E-state index in [1.54, 1.807) is 17.0 Å². The van der Waals surface area contributed by atoms with E-state index in [9.17, 15) is 13.2 Å². The Bertz CT molecular complexity index is 848. The van der Waals surface area contributed by atoms with Crippen molar-refractivity contribution in [2.45, 2.75) is 24.3 Å². The zero-order valence-electron chi connectivity index (χ0n) is 13.1. The van der Waals surface area contributed by atoms with E-state index in [-0.39, 0.29) is 17.2 Å². The van der Waals surface area contributed by atoms with Crippen molar-refractivity contribution in [3.63, 3.8) is 0 Å². The van der Waals surface area contributed by atoms with Gasteiger partial charge in [0.2, 0.25) is 15.9 Å². The molecule has 1 aliphatic heterocycles. The fourth-order valence-electron chi connectivity index (χ4n) is 2.66. The SMILES string of the molecule is Cc1ccc(N2C[C@@H](NS(=O)(=O)c3ccc(Br)cc3)CC2=O)cc1. The van der Waals surface area contributed by atoms with Gasteiger partial charge in [-0.25, -0.2) is 13.1 Å². The van der Waals surface area contributed by atoms with Gasteiger partial charge in [0, 0.05) is 29.2 Å². The minimum absolute atomic E-state index is 0.0811. The number of carbonyl (C=O) groups is 1. The Morgan fingerprint density at radius 3 is 2.33 bits per heavy atom. The molecule has 7 heteroatoms. The van der Waals surface area contributed by atoms with E-state index in [4.69, 9.17) is 0 Å². The first-order valence-corrected chi connectivity index (χ1v) is 9.78. The van der Waals surface area contributed by atoms with E-state index in [0.29, 0.717) is 6.54 Å². The molecule has 1 heterocycles. The average Bonchev–Trinajstić information content (AvgIpc) is 2.88. The van der Waals surface area contributed by atoms with Crippen LogP contribution in [0.2, 0.25) is 0 Å². The molecule has 5 nitrogen and oxygen atoms in total. The average molecular weight is 409 g/mol. The van der Waals surface area contributed by atoms with Crippen LogP contribution in [0.3, 0.4) is 0 Å². The van der Waals surface area contributed by atoms with Crippen LogP contribution in [-0.2, 0) is 14.8 Å². The summed E-state index contributed by atoms with van der Waals surface area (Å²) >= 11 is 3.28. The Hall–Kier alpha value is -1.70. The molecule has 1 fully saturated rings. The molecule has 0 unspecified atom stereocenters. The van der Waals surface area contributed by atoms with E-state index >= 15 is 0 Å². The van der Waals surface area contributed by atoms with Crippen LogP contribution in [0.4, 0.5) is 5.69 Å². The molecular weight excluding hydrogens is 392 g/mol. The van der Waals surface area contributed by atoms with Gasteiger partial charge in [-0.3, -0.25) is 4.79 Å². The highest BCUT2D eigenvalue weighted by Crippen LogP contribution is 2.23. The Balaban J connectivity index is 1.74. The molecule has 1 atom stereocenters. The van der Waals surface area contributed by atoms with E-state index < -0.39 is 16.1 Å². The number of aryl methyl sites for hydroxylation is 1. The summed E-state index contributed by atoms with van der Waals surface area (Å²) in [4.78, 5) is 14.0. The van der Waals surface area contributed by atoms with Gasteiger partial charge in [-0.15, -0.1) is 0 Å². The third-order valence-corrected chi connectivity index (χ3v) is 5.98. The number of hydrogen-bond acceptors (Lipinski definition) is 3. The van der Waals surface area contributed by atoms with Crippen molar-refractivity contribution in [2.24, 2.45) is 0 Å². The molecule has 1 N–H and O–H groups in total. The second-order valence-electron chi connectivity index (χ2n) is 5.82. The fourth-order valence-corrected chi connectivity index (χ4v) is 4.15. The molecule has 1 aliphatic rings. The summed E-state index contributed by atoms with van der Waals surface area (Å²) in [6, 6.07) is 13.6. The lowest BCUT2D eigenvalue weighted by atomic mass is 10.2. The number of sulfonamides is 1. The summed E-state index contributed by atoms with van der Waals surface area (Å²) in [6.45, 7) is 2.31. The summed E-state index contributed by atoms with van der Waals surface area (Å²) in [5.74, 6) is -0.0811. The maximum Gasteiger partial charge on any atom is 0.240 e. The molecule has 0 spiro atoms. The third-order valence-electron chi connectivity index (χ3n) is 3.92. The van der Waals surface area contributed by atoms with Crippen molar-refractivity contribution in [1.82, 2.24) is 4.72 Å². The fraction of sp³-hybridized carbons (Fsp3) is 0.235. The van der Waals surface area contributed by atoms with Crippen LogP contribution in [-0.4, -0.2) is 26.9 Å². The van der Waals surface area contributed by atoms with Crippen molar-refractivity contribution in [3.05, 3.63) is 58.6 Å². The Morgan fingerprint density at radius 2 is 1.71 bits per heavy atom. The smallest absolute Gasteiger partial charge is 0.240 e. The highest BCUT2D eigenvalue weighted by atomic mass is 79.9. The van der Waals surface area contributed by atoms with Gasteiger partial charge < -0.3 is 4.90 Å². The summed E-state index contributed by atoms with van der Waals surface area (Å²) < 4.78 is 28.3. The lowest BCUT2D eigenvalue weighted by Crippen LogP contribution is -2.37. The van der Waals surface area contributed by atoms with Crippen LogP contribution >= 0.6 is 15.9 Å². The second-order valence-corrected chi connectivity index (χ2v) is 8.45. The van der Waals surface area contributed by atoms with Gasteiger partial charge in [-0.05, 0) is 43.3 Å². The molecule has 24 heavy (non-hydrogen) atoms. The van der Waals surface area contributed by atoms with Crippen LogP contribution < -0.4 is 9.62 Å². The van der Waals surface area contributed by atoms with Crippen molar-refractivity contribution < 1.29 is 13.2 Å². The summed E-state index contributed by atoms with van der Waals surface area (Å²) in [5, 5.41) is 0. The van der Waals surface area contributed by atoms with Gasteiger partial charge in [-0.2, -0.15) is 0 Å². The van der Waals surface area contributed by atoms with Crippen LogP contribution in [0.5, 0.6) is 0 Å². The van der Waals surface area contributed by atoms with E-state index in [1.165, 1.54) is 12.1 Å². The van der Waals surface area contributed by atoms with E-state index in [2.05, 4.69) is 20.7 Å². The summed E-state index contributed by atoms with van der Waals surface area (Å²) in [7, 11) is -3.65. The molecule has 0 radical (unpaired) electrons. The predicted molar refractivity (Wildman–Crippen MR) is 96.4 cm³/mol. The minimum atomic E-state index is -3.65. The van der Waals surface area contributed by atoms with Gasteiger partial charge in [0.1, 0.15) is 0 Å². The molecule has 126 valence electrons. The van der Waals surface area contributed by atoms with Gasteiger partial charge >= 0.3 is 0 Å². The number of nitrogens with one attached hydrogen (secondary N) is 1. The Morgan fingerprint density at radius 1 is 1.08 bits per heavy atom.